The maximum atomic E-state index is 13.2. The zero-order valence-electron chi connectivity index (χ0n) is 10.3. The molecule has 2 N–H and O–H groups in total. The molecular formula is C14H21ClFN. The van der Waals surface area contributed by atoms with Crippen LogP contribution in [0.4, 0.5) is 4.39 Å². The summed E-state index contributed by atoms with van der Waals surface area (Å²) in [5.41, 5.74) is 8.05. The molecule has 96 valence electrons. The zero-order chi connectivity index (χ0) is 11.5. The first kappa shape index (κ1) is 14.5. The molecule has 1 saturated carbocycles. The van der Waals surface area contributed by atoms with Crippen LogP contribution in [0.1, 0.15) is 49.3 Å². The predicted molar refractivity (Wildman–Crippen MR) is 71.9 cm³/mol. The Balaban J connectivity index is 0.00000144. The fourth-order valence-electron chi connectivity index (χ4n) is 2.64. The zero-order valence-corrected chi connectivity index (χ0v) is 11.1. The molecule has 1 aliphatic rings. The van der Waals surface area contributed by atoms with E-state index < -0.39 is 0 Å². The molecule has 0 spiro atoms. The van der Waals surface area contributed by atoms with Gasteiger partial charge in [-0.1, -0.05) is 31.4 Å². The number of aryl methyl sites for hydroxylation is 1. The normalized spacial score (nSPS) is 18.5. The van der Waals surface area contributed by atoms with Crippen LogP contribution in [0.3, 0.4) is 0 Å². The van der Waals surface area contributed by atoms with Crippen molar-refractivity contribution >= 4 is 12.4 Å². The van der Waals surface area contributed by atoms with Gasteiger partial charge in [-0.3, -0.25) is 0 Å². The topological polar surface area (TPSA) is 26.0 Å². The lowest BCUT2D eigenvalue weighted by atomic mass is 9.81. The molecule has 0 heterocycles. The third kappa shape index (κ3) is 3.43. The maximum Gasteiger partial charge on any atom is 0.126 e. The van der Waals surface area contributed by atoms with Crippen molar-refractivity contribution in [2.75, 3.05) is 0 Å². The Bertz CT molecular complexity index is 361. The van der Waals surface area contributed by atoms with Crippen LogP contribution in [0.2, 0.25) is 0 Å². The summed E-state index contributed by atoms with van der Waals surface area (Å²) in [6, 6.07) is 5.35. The van der Waals surface area contributed by atoms with Crippen LogP contribution in [0, 0.1) is 18.7 Å². The number of halogens is 2. The van der Waals surface area contributed by atoms with Crippen molar-refractivity contribution < 1.29 is 4.39 Å². The number of rotatable bonds is 2. The van der Waals surface area contributed by atoms with E-state index >= 15 is 0 Å². The Morgan fingerprint density at radius 3 is 2.47 bits per heavy atom. The Morgan fingerprint density at radius 2 is 1.88 bits per heavy atom. The highest BCUT2D eigenvalue weighted by Crippen LogP contribution is 2.33. The molecule has 1 nitrogen and oxygen atoms in total. The summed E-state index contributed by atoms with van der Waals surface area (Å²) < 4.78 is 13.2. The lowest BCUT2D eigenvalue weighted by Crippen LogP contribution is -2.23. The van der Waals surface area contributed by atoms with E-state index in [9.17, 15) is 4.39 Å². The Morgan fingerprint density at radius 1 is 1.24 bits per heavy atom. The van der Waals surface area contributed by atoms with Gasteiger partial charge in [-0.05, 0) is 42.9 Å². The van der Waals surface area contributed by atoms with Gasteiger partial charge in [-0.25, -0.2) is 4.39 Å². The molecule has 3 heteroatoms. The second-order valence-corrected chi connectivity index (χ2v) is 4.93. The molecule has 17 heavy (non-hydrogen) atoms. The molecule has 0 aromatic heterocycles. The van der Waals surface area contributed by atoms with Crippen LogP contribution < -0.4 is 5.73 Å². The molecule has 0 radical (unpaired) electrons. The van der Waals surface area contributed by atoms with Crippen molar-refractivity contribution in [2.24, 2.45) is 11.7 Å². The average molecular weight is 258 g/mol. The van der Waals surface area contributed by atoms with E-state index in [4.69, 9.17) is 5.73 Å². The van der Waals surface area contributed by atoms with E-state index in [1.54, 1.807) is 6.92 Å². The van der Waals surface area contributed by atoms with Crippen LogP contribution in [-0.4, -0.2) is 0 Å². The van der Waals surface area contributed by atoms with Crippen LogP contribution >= 0.6 is 12.4 Å². The van der Waals surface area contributed by atoms with E-state index in [0.717, 1.165) is 5.56 Å². The van der Waals surface area contributed by atoms with Crippen LogP contribution in [0.5, 0.6) is 0 Å². The lowest BCUT2D eigenvalue weighted by molar-refractivity contribution is 0.308. The largest absolute Gasteiger partial charge is 0.324 e. The lowest BCUT2D eigenvalue weighted by Gasteiger charge is -2.28. The first-order valence-corrected chi connectivity index (χ1v) is 6.20. The van der Waals surface area contributed by atoms with Gasteiger partial charge in [0.2, 0.25) is 0 Å². The molecule has 0 aliphatic heterocycles. The molecular weight excluding hydrogens is 237 g/mol. The molecule has 0 saturated heterocycles. The highest BCUT2D eigenvalue weighted by Gasteiger charge is 2.21. The Hall–Kier alpha value is -0.600. The second-order valence-electron chi connectivity index (χ2n) is 4.93. The molecule has 1 aliphatic carbocycles. The minimum absolute atomic E-state index is 0. The molecule has 0 unspecified atom stereocenters. The quantitative estimate of drug-likeness (QED) is 0.847. The van der Waals surface area contributed by atoms with Gasteiger partial charge in [-0.2, -0.15) is 0 Å². The Kier molecular flexibility index (Phi) is 5.41. The summed E-state index contributed by atoms with van der Waals surface area (Å²) in [6.07, 6.45) is 6.36. The van der Waals surface area contributed by atoms with Crippen molar-refractivity contribution in [1.82, 2.24) is 0 Å². The minimum Gasteiger partial charge on any atom is -0.324 e. The number of hydrogen-bond acceptors (Lipinski definition) is 1. The number of benzene rings is 1. The van der Waals surface area contributed by atoms with Gasteiger partial charge in [0.05, 0.1) is 0 Å². The molecule has 1 atom stereocenters. The maximum absolute atomic E-state index is 13.2. The van der Waals surface area contributed by atoms with Gasteiger partial charge in [0.25, 0.3) is 0 Å². The first-order chi connectivity index (χ1) is 7.68. The van der Waals surface area contributed by atoms with E-state index in [2.05, 4.69) is 0 Å². The predicted octanol–water partition coefficient (Wildman–Crippen LogP) is 4.14. The summed E-state index contributed by atoms with van der Waals surface area (Å²) in [5, 5.41) is 0. The summed E-state index contributed by atoms with van der Waals surface area (Å²) in [6.45, 7) is 1.80. The standard InChI is InChI=1S/C14H20FN.ClH/c1-10-9-12(7-8-13(10)15)14(16)11-5-3-2-4-6-11;/h7-9,11,14H,2-6,16H2,1H3;1H/t14-;/m0./s1. The highest BCUT2D eigenvalue weighted by atomic mass is 35.5. The van der Waals surface area contributed by atoms with Gasteiger partial charge in [0.1, 0.15) is 5.82 Å². The molecule has 1 fully saturated rings. The van der Waals surface area contributed by atoms with Gasteiger partial charge in [0.15, 0.2) is 0 Å². The fourth-order valence-corrected chi connectivity index (χ4v) is 2.64. The van der Waals surface area contributed by atoms with E-state index in [1.165, 1.54) is 38.2 Å². The number of hydrogen-bond donors (Lipinski definition) is 1. The van der Waals surface area contributed by atoms with Crippen LogP contribution in [-0.2, 0) is 0 Å². The third-order valence-electron chi connectivity index (χ3n) is 3.72. The third-order valence-corrected chi connectivity index (χ3v) is 3.72. The van der Waals surface area contributed by atoms with Gasteiger partial charge < -0.3 is 5.73 Å². The molecule has 0 bridgehead atoms. The number of nitrogens with two attached hydrogens (primary N) is 1. The second kappa shape index (κ2) is 6.36. The Labute approximate surface area is 109 Å². The van der Waals surface area contributed by atoms with E-state index in [1.807, 2.05) is 12.1 Å². The van der Waals surface area contributed by atoms with Crippen molar-refractivity contribution in [1.29, 1.82) is 0 Å². The van der Waals surface area contributed by atoms with Gasteiger partial charge in [0, 0.05) is 6.04 Å². The monoisotopic (exact) mass is 257 g/mol. The molecule has 0 amide bonds. The summed E-state index contributed by atoms with van der Waals surface area (Å²) in [4.78, 5) is 0. The minimum atomic E-state index is -0.139. The SMILES string of the molecule is Cc1cc([C@@H](N)C2CCCCC2)ccc1F.Cl. The van der Waals surface area contributed by atoms with Gasteiger partial charge >= 0.3 is 0 Å². The van der Waals surface area contributed by atoms with E-state index in [-0.39, 0.29) is 24.3 Å². The van der Waals surface area contributed by atoms with Crippen molar-refractivity contribution in [3.8, 4) is 0 Å². The van der Waals surface area contributed by atoms with Crippen molar-refractivity contribution in [3.63, 3.8) is 0 Å². The van der Waals surface area contributed by atoms with Gasteiger partial charge in [-0.15, -0.1) is 12.4 Å². The summed E-state index contributed by atoms with van der Waals surface area (Å²) >= 11 is 0. The highest BCUT2D eigenvalue weighted by molar-refractivity contribution is 5.85. The molecule has 1 aromatic carbocycles. The van der Waals surface area contributed by atoms with Crippen LogP contribution in [0.25, 0.3) is 0 Å². The average Bonchev–Trinajstić information content (AvgIpc) is 2.33. The van der Waals surface area contributed by atoms with Crippen LogP contribution in [0.15, 0.2) is 18.2 Å². The fraction of sp³-hybridized carbons (Fsp3) is 0.571. The van der Waals surface area contributed by atoms with Crippen molar-refractivity contribution in [2.45, 2.75) is 45.1 Å². The van der Waals surface area contributed by atoms with E-state index in [0.29, 0.717) is 11.5 Å². The summed E-state index contributed by atoms with van der Waals surface area (Å²) in [7, 11) is 0. The smallest absolute Gasteiger partial charge is 0.126 e. The first-order valence-electron chi connectivity index (χ1n) is 6.20. The molecule has 1 aromatic rings. The molecule has 2 rings (SSSR count). The van der Waals surface area contributed by atoms with Crippen molar-refractivity contribution in [3.05, 3.63) is 35.1 Å². The summed E-state index contributed by atoms with van der Waals surface area (Å²) in [5.74, 6) is 0.443.